The third-order valence-corrected chi connectivity index (χ3v) is 4.29. The normalized spacial score (nSPS) is 22.5. The topological polar surface area (TPSA) is 32.8 Å². The molecule has 116 valence electrons. The predicted octanol–water partition coefficient (Wildman–Crippen LogP) is 1.97. The SMILES string of the molecule is COC(=O)C(CN1CCCN(C)CC1C)c1ccccc1. The van der Waals surface area contributed by atoms with Crippen molar-refractivity contribution in [3.63, 3.8) is 0 Å². The molecule has 2 atom stereocenters. The fraction of sp³-hybridized carbons (Fsp3) is 0.588. The average molecular weight is 290 g/mol. The molecule has 0 bridgehead atoms. The summed E-state index contributed by atoms with van der Waals surface area (Å²) in [6.45, 7) is 6.16. The van der Waals surface area contributed by atoms with Crippen LogP contribution in [0.3, 0.4) is 0 Å². The Morgan fingerprint density at radius 2 is 2.05 bits per heavy atom. The van der Waals surface area contributed by atoms with E-state index >= 15 is 0 Å². The number of nitrogens with zero attached hydrogens (tertiary/aromatic N) is 2. The van der Waals surface area contributed by atoms with Gasteiger partial charge in [-0.2, -0.15) is 0 Å². The first-order valence-electron chi connectivity index (χ1n) is 7.67. The lowest BCUT2D eigenvalue weighted by molar-refractivity contribution is -0.143. The second-order valence-electron chi connectivity index (χ2n) is 5.95. The predicted molar refractivity (Wildman–Crippen MR) is 84.3 cm³/mol. The Morgan fingerprint density at radius 1 is 1.33 bits per heavy atom. The van der Waals surface area contributed by atoms with Crippen molar-refractivity contribution in [3.8, 4) is 0 Å². The van der Waals surface area contributed by atoms with Crippen molar-refractivity contribution in [1.82, 2.24) is 9.80 Å². The molecule has 4 heteroatoms. The van der Waals surface area contributed by atoms with Gasteiger partial charge in [0.1, 0.15) is 0 Å². The molecule has 1 fully saturated rings. The summed E-state index contributed by atoms with van der Waals surface area (Å²) in [4.78, 5) is 17.0. The quantitative estimate of drug-likeness (QED) is 0.794. The summed E-state index contributed by atoms with van der Waals surface area (Å²) < 4.78 is 5.02. The Hall–Kier alpha value is -1.39. The molecule has 1 aliphatic rings. The fourth-order valence-electron chi connectivity index (χ4n) is 3.07. The summed E-state index contributed by atoms with van der Waals surface area (Å²) >= 11 is 0. The van der Waals surface area contributed by atoms with Crippen LogP contribution in [0.1, 0.15) is 24.8 Å². The number of carbonyl (C=O) groups is 1. The van der Waals surface area contributed by atoms with E-state index in [1.807, 2.05) is 30.3 Å². The van der Waals surface area contributed by atoms with E-state index in [4.69, 9.17) is 4.74 Å². The molecule has 4 nitrogen and oxygen atoms in total. The highest BCUT2D eigenvalue weighted by Crippen LogP contribution is 2.21. The van der Waals surface area contributed by atoms with Crippen molar-refractivity contribution in [2.24, 2.45) is 0 Å². The number of ether oxygens (including phenoxy) is 1. The van der Waals surface area contributed by atoms with Crippen LogP contribution in [0.5, 0.6) is 0 Å². The maximum atomic E-state index is 12.2. The van der Waals surface area contributed by atoms with Crippen LogP contribution in [-0.2, 0) is 9.53 Å². The van der Waals surface area contributed by atoms with Gasteiger partial charge in [0.2, 0.25) is 0 Å². The Kier molecular flexibility index (Phi) is 5.76. The van der Waals surface area contributed by atoms with Gasteiger partial charge in [-0.1, -0.05) is 30.3 Å². The summed E-state index contributed by atoms with van der Waals surface area (Å²) in [6.07, 6.45) is 1.14. The van der Waals surface area contributed by atoms with E-state index < -0.39 is 0 Å². The summed E-state index contributed by atoms with van der Waals surface area (Å²) in [5, 5.41) is 0. The molecule has 1 aliphatic heterocycles. The van der Waals surface area contributed by atoms with Gasteiger partial charge in [-0.15, -0.1) is 0 Å². The van der Waals surface area contributed by atoms with Gasteiger partial charge >= 0.3 is 5.97 Å². The molecule has 0 N–H and O–H groups in total. The number of methoxy groups -OCH3 is 1. The zero-order chi connectivity index (χ0) is 15.2. The molecule has 2 rings (SSSR count). The van der Waals surface area contributed by atoms with Gasteiger partial charge in [-0.3, -0.25) is 9.69 Å². The van der Waals surface area contributed by atoms with Gasteiger partial charge in [0.15, 0.2) is 0 Å². The highest BCUT2D eigenvalue weighted by atomic mass is 16.5. The molecule has 0 saturated carbocycles. The zero-order valence-corrected chi connectivity index (χ0v) is 13.3. The van der Waals surface area contributed by atoms with Gasteiger partial charge in [0, 0.05) is 19.1 Å². The summed E-state index contributed by atoms with van der Waals surface area (Å²) in [5.74, 6) is -0.354. The number of hydrogen-bond acceptors (Lipinski definition) is 4. The smallest absolute Gasteiger partial charge is 0.314 e. The second-order valence-corrected chi connectivity index (χ2v) is 5.95. The number of hydrogen-bond donors (Lipinski definition) is 0. The van der Waals surface area contributed by atoms with Crippen molar-refractivity contribution < 1.29 is 9.53 Å². The molecule has 1 heterocycles. The highest BCUT2D eigenvalue weighted by molar-refractivity contribution is 5.78. The van der Waals surface area contributed by atoms with E-state index in [1.54, 1.807) is 0 Å². The maximum Gasteiger partial charge on any atom is 0.314 e. The van der Waals surface area contributed by atoms with Crippen LogP contribution in [0.25, 0.3) is 0 Å². The first-order chi connectivity index (χ1) is 10.1. The van der Waals surface area contributed by atoms with Crippen molar-refractivity contribution >= 4 is 5.97 Å². The molecule has 0 spiro atoms. The molecular formula is C17H26N2O2. The van der Waals surface area contributed by atoms with Gasteiger partial charge in [0.05, 0.1) is 13.0 Å². The van der Waals surface area contributed by atoms with Crippen LogP contribution in [0.4, 0.5) is 0 Å². The molecule has 0 amide bonds. The van der Waals surface area contributed by atoms with Crippen molar-refractivity contribution in [2.45, 2.75) is 25.3 Å². The van der Waals surface area contributed by atoms with Crippen molar-refractivity contribution in [1.29, 1.82) is 0 Å². The van der Waals surface area contributed by atoms with E-state index in [2.05, 4.69) is 23.8 Å². The van der Waals surface area contributed by atoms with Gasteiger partial charge < -0.3 is 9.64 Å². The molecule has 1 aromatic carbocycles. The largest absolute Gasteiger partial charge is 0.469 e. The first-order valence-corrected chi connectivity index (χ1v) is 7.67. The molecule has 1 aromatic rings. The van der Waals surface area contributed by atoms with Crippen molar-refractivity contribution in [3.05, 3.63) is 35.9 Å². The summed E-state index contributed by atoms with van der Waals surface area (Å²) in [7, 11) is 3.63. The Bertz CT molecular complexity index is 449. The minimum atomic E-state index is -0.206. The van der Waals surface area contributed by atoms with E-state index in [0.29, 0.717) is 6.04 Å². The van der Waals surface area contributed by atoms with Crippen LogP contribution in [0.2, 0.25) is 0 Å². The molecule has 2 unspecified atom stereocenters. The standard InChI is InChI=1S/C17H26N2O2/c1-14-12-18(2)10-7-11-19(14)13-16(17(20)21-3)15-8-5-4-6-9-15/h4-6,8-9,14,16H,7,10-13H2,1-3H3. The number of carbonyl (C=O) groups excluding carboxylic acids is 1. The van der Waals surface area contributed by atoms with E-state index in [9.17, 15) is 4.79 Å². The molecule has 0 radical (unpaired) electrons. The number of rotatable bonds is 4. The van der Waals surface area contributed by atoms with Gasteiger partial charge in [-0.25, -0.2) is 0 Å². The number of likely N-dealkylation sites (N-methyl/N-ethyl adjacent to an activating group) is 1. The summed E-state index contributed by atoms with van der Waals surface area (Å²) in [6, 6.07) is 10.4. The Balaban J connectivity index is 2.13. The third kappa shape index (κ3) is 4.29. The van der Waals surface area contributed by atoms with Crippen LogP contribution >= 0.6 is 0 Å². The monoisotopic (exact) mass is 290 g/mol. The molecule has 21 heavy (non-hydrogen) atoms. The minimum Gasteiger partial charge on any atom is -0.469 e. The third-order valence-electron chi connectivity index (χ3n) is 4.29. The lowest BCUT2D eigenvalue weighted by Gasteiger charge is -2.30. The van der Waals surface area contributed by atoms with E-state index in [-0.39, 0.29) is 11.9 Å². The second kappa shape index (κ2) is 7.57. The first kappa shape index (κ1) is 16.0. The van der Waals surface area contributed by atoms with E-state index in [1.165, 1.54) is 7.11 Å². The van der Waals surface area contributed by atoms with Crippen LogP contribution < -0.4 is 0 Å². The van der Waals surface area contributed by atoms with Crippen LogP contribution in [0, 0.1) is 0 Å². The number of esters is 1. The molecular weight excluding hydrogens is 264 g/mol. The van der Waals surface area contributed by atoms with Crippen LogP contribution in [0.15, 0.2) is 30.3 Å². The average Bonchev–Trinajstić information content (AvgIpc) is 2.65. The van der Waals surface area contributed by atoms with Gasteiger partial charge in [-0.05, 0) is 39.0 Å². The maximum absolute atomic E-state index is 12.2. The fourth-order valence-corrected chi connectivity index (χ4v) is 3.07. The Labute approximate surface area is 127 Å². The Morgan fingerprint density at radius 3 is 2.71 bits per heavy atom. The van der Waals surface area contributed by atoms with Crippen LogP contribution in [-0.4, -0.2) is 62.1 Å². The molecule has 0 aliphatic carbocycles. The number of benzene rings is 1. The molecule has 0 aromatic heterocycles. The lowest BCUT2D eigenvalue weighted by Crippen LogP contribution is -2.41. The molecule has 1 saturated heterocycles. The van der Waals surface area contributed by atoms with Gasteiger partial charge in [0.25, 0.3) is 0 Å². The lowest BCUT2D eigenvalue weighted by atomic mass is 9.98. The van der Waals surface area contributed by atoms with E-state index in [0.717, 1.165) is 38.2 Å². The summed E-state index contributed by atoms with van der Waals surface area (Å²) in [5.41, 5.74) is 1.04. The van der Waals surface area contributed by atoms with Crippen molar-refractivity contribution in [2.75, 3.05) is 40.3 Å². The minimum absolute atomic E-state index is 0.147. The zero-order valence-electron chi connectivity index (χ0n) is 13.3. The highest BCUT2D eigenvalue weighted by Gasteiger charge is 2.28.